The second-order valence-corrected chi connectivity index (χ2v) is 9.91. The SMILES string of the molecule is CC1=CC[C@@H](c2ccc(Cl)cc2)N(S(=O)(=O)c2ccccc2C)[C@H]1c1ccccc1. The molecule has 0 aliphatic carbocycles. The van der Waals surface area contributed by atoms with Crippen LogP contribution in [-0.2, 0) is 10.0 Å². The van der Waals surface area contributed by atoms with E-state index < -0.39 is 10.0 Å². The number of hydrogen-bond acceptors (Lipinski definition) is 2. The average molecular weight is 438 g/mol. The minimum atomic E-state index is -3.77. The molecule has 154 valence electrons. The van der Waals surface area contributed by atoms with Crippen LogP contribution in [0.1, 0.15) is 42.1 Å². The summed E-state index contributed by atoms with van der Waals surface area (Å²) in [7, 11) is -3.77. The maximum Gasteiger partial charge on any atom is 0.244 e. The Hall–Kier alpha value is -2.40. The summed E-state index contributed by atoms with van der Waals surface area (Å²) in [5, 5.41) is 0.634. The first-order valence-electron chi connectivity index (χ1n) is 9.96. The molecule has 4 rings (SSSR count). The number of aryl methyl sites for hydroxylation is 1. The van der Waals surface area contributed by atoms with Gasteiger partial charge in [0.15, 0.2) is 0 Å². The molecular formula is C25H24ClNO2S. The van der Waals surface area contributed by atoms with Crippen LogP contribution in [0, 0.1) is 6.92 Å². The van der Waals surface area contributed by atoms with Crippen molar-refractivity contribution in [2.45, 2.75) is 37.2 Å². The smallest absolute Gasteiger partial charge is 0.207 e. The summed E-state index contributed by atoms with van der Waals surface area (Å²) in [4.78, 5) is 0.347. The van der Waals surface area contributed by atoms with Gasteiger partial charge in [0.2, 0.25) is 10.0 Å². The molecule has 0 aromatic heterocycles. The molecule has 1 heterocycles. The second-order valence-electron chi connectivity index (χ2n) is 7.66. The van der Waals surface area contributed by atoms with Crippen LogP contribution in [0.25, 0.3) is 0 Å². The fourth-order valence-electron chi connectivity index (χ4n) is 4.17. The Morgan fingerprint density at radius 2 is 1.47 bits per heavy atom. The third kappa shape index (κ3) is 3.83. The van der Waals surface area contributed by atoms with Gasteiger partial charge in [-0.1, -0.05) is 83.9 Å². The van der Waals surface area contributed by atoms with E-state index in [1.54, 1.807) is 16.4 Å². The van der Waals surface area contributed by atoms with Crippen molar-refractivity contribution in [1.82, 2.24) is 4.31 Å². The Bertz CT molecular complexity index is 1170. The van der Waals surface area contributed by atoms with Gasteiger partial charge in [0.25, 0.3) is 0 Å². The fourth-order valence-corrected chi connectivity index (χ4v) is 6.36. The normalized spacial score (nSPS) is 20.0. The molecule has 30 heavy (non-hydrogen) atoms. The van der Waals surface area contributed by atoms with E-state index in [-0.39, 0.29) is 12.1 Å². The van der Waals surface area contributed by atoms with E-state index in [1.807, 2.05) is 80.6 Å². The Morgan fingerprint density at radius 3 is 2.13 bits per heavy atom. The summed E-state index contributed by atoms with van der Waals surface area (Å²) in [6.07, 6.45) is 2.77. The summed E-state index contributed by atoms with van der Waals surface area (Å²) in [6.45, 7) is 3.85. The van der Waals surface area contributed by atoms with E-state index in [0.717, 1.165) is 22.3 Å². The number of sulfonamides is 1. The third-order valence-electron chi connectivity index (χ3n) is 5.68. The van der Waals surface area contributed by atoms with Crippen molar-refractivity contribution >= 4 is 21.6 Å². The zero-order valence-corrected chi connectivity index (χ0v) is 18.6. The number of rotatable bonds is 4. The van der Waals surface area contributed by atoms with Gasteiger partial charge in [-0.2, -0.15) is 4.31 Å². The Labute approximate surface area is 183 Å². The first kappa shape index (κ1) is 20.9. The Kier molecular flexibility index (Phi) is 5.83. The molecule has 0 N–H and O–H groups in total. The number of halogens is 1. The summed E-state index contributed by atoms with van der Waals surface area (Å²) in [5.74, 6) is 0. The Balaban J connectivity index is 1.93. The predicted molar refractivity (Wildman–Crippen MR) is 122 cm³/mol. The molecule has 0 fully saturated rings. The lowest BCUT2D eigenvalue weighted by Gasteiger charge is -2.41. The topological polar surface area (TPSA) is 37.4 Å². The van der Waals surface area contributed by atoms with E-state index >= 15 is 0 Å². The molecule has 0 radical (unpaired) electrons. The molecule has 3 nitrogen and oxygen atoms in total. The molecule has 0 amide bonds. The molecular weight excluding hydrogens is 414 g/mol. The largest absolute Gasteiger partial charge is 0.244 e. The molecule has 3 aromatic rings. The van der Waals surface area contributed by atoms with E-state index in [1.165, 1.54) is 0 Å². The van der Waals surface area contributed by atoms with Gasteiger partial charge in [-0.15, -0.1) is 0 Å². The molecule has 5 heteroatoms. The summed E-state index contributed by atoms with van der Waals surface area (Å²) < 4.78 is 29.8. The first-order valence-corrected chi connectivity index (χ1v) is 11.8. The molecule has 0 saturated carbocycles. The minimum Gasteiger partial charge on any atom is -0.207 e. The van der Waals surface area contributed by atoms with Gasteiger partial charge in [-0.05, 0) is 55.2 Å². The number of benzene rings is 3. The summed E-state index contributed by atoms with van der Waals surface area (Å²) >= 11 is 6.10. The van der Waals surface area contributed by atoms with E-state index in [4.69, 9.17) is 11.6 Å². The minimum absolute atomic E-state index is 0.319. The third-order valence-corrected chi connectivity index (χ3v) is 7.96. The van der Waals surface area contributed by atoms with Crippen LogP contribution in [0.5, 0.6) is 0 Å². The van der Waals surface area contributed by atoms with Gasteiger partial charge >= 0.3 is 0 Å². The van der Waals surface area contributed by atoms with E-state index in [2.05, 4.69) is 6.08 Å². The second kappa shape index (κ2) is 8.38. The highest BCUT2D eigenvalue weighted by atomic mass is 35.5. The van der Waals surface area contributed by atoms with Gasteiger partial charge in [0, 0.05) is 5.02 Å². The Morgan fingerprint density at radius 1 is 0.833 bits per heavy atom. The van der Waals surface area contributed by atoms with E-state index in [0.29, 0.717) is 16.3 Å². The molecule has 3 aromatic carbocycles. The lowest BCUT2D eigenvalue weighted by molar-refractivity contribution is 0.261. The monoisotopic (exact) mass is 437 g/mol. The van der Waals surface area contributed by atoms with Crippen LogP contribution < -0.4 is 0 Å². The van der Waals surface area contributed by atoms with Crippen molar-refractivity contribution in [2.75, 3.05) is 0 Å². The van der Waals surface area contributed by atoms with Crippen molar-refractivity contribution in [1.29, 1.82) is 0 Å². The van der Waals surface area contributed by atoms with E-state index in [9.17, 15) is 8.42 Å². The van der Waals surface area contributed by atoms with Crippen LogP contribution in [-0.4, -0.2) is 12.7 Å². The van der Waals surface area contributed by atoms with Crippen molar-refractivity contribution in [3.63, 3.8) is 0 Å². The summed E-state index contributed by atoms with van der Waals surface area (Å²) in [6, 6.07) is 23.8. The molecule has 1 aliphatic heterocycles. The van der Waals surface area contributed by atoms with Crippen LogP contribution in [0.3, 0.4) is 0 Å². The van der Waals surface area contributed by atoms with Crippen molar-refractivity contribution in [2.24, 2.45) is 0 Å². The van der Waals surface area contributed by atoms with Gasteiger partial charge in [0.05, 0.1) is 17.0 Å². The lowest BCUT2D eigenvalue weighted by atomic mass is 9.90. The van der Waals surface area contributed by atoms with Gasteiger partial charge < -0.3 is 0 Å². The van der Waals surface area contributed by atoms with Crippen LogP contribution in [0.4, 0.5) is 0 Å². The maximum absolute atomic E-state index is 14.1. The molecule has 1 aliphatic rings. The summed E-state index contributed by atoms with van der Waals surface area (Å²) in [5.41, 5.74) is 3.67. The molecule has 2 atom stereocenters. The van der Waals surface area contributed by atoms with Crippen molar-refractivity contribution in [3.8, 4) is 0 Å². The molecule has 0 unspecified atom stereocenters. The zero-order chi connectivity index (χ0) is 21.3. The van der Waals surface area contributed by atoms with Gasteiger partial charge in [-0.25, -0.2) is 8.42 Å². The molecule has 0 bridgehead atoms. The number of hydrogen-bond donors (Lipinski definition) is 0. The van der Waals surface area contributed by atoms with Crippen LogP contribution in [0.15, 0.2) is 95.4 Å². The highest BCUT2D eigenvalue weighted by molar-refractivity contribution is 7.89. The highest BCUT2D eigenvalue weighted by Crippen LogP contribution is 2.45. The first-order chi connectivity index (χ1) is 14.4. The molecule has 0 saturated heterocycles. The quantitative estimate of drug-likeness (QED) is 0.438. The standard InChI is InChI=1S/C25H24ClNO2S/c1-18-8-6-7-11-24(18)30(28,29)27-23(20-13-15-22(26)16-14-20)17-12-19(2)25(27)21-9-4-3-5-10-21/h3-16,23,25H,17H2,1-2H3/t23-,25+/m0/s1. The lowest BCUT2D eigenvalue weighted by Crippen LogP contribution is -2.41. The maximum atomic E-state index is 14.1. The zero-order valence-electron chi connectivity index (χ0n) is 17.0. The highest BCUT2D eigenvalue weighted by Gasteiger charge is 2.41. The van der Waals surface area contributed by atoms with Crippen LogP contribution >= 0.6 is 11.6 Å². The van der Waals surface area contributed by atoms with Crippen molar-refractivity contribution in [3.05, 3.63) is 112 Å². The average Bonchev–Trinajstić information content (AvgIpc) is 2.75. The van der Waals surface area contributed by atoms with Gasteiger partial charge in [0.1, 0.15) is 0 Å². The fraction of sp³-hybridized carbons (Fsp3) is 0.200. The number of nitrogens with zero attached hydrogens (tertiary/aromatic N) is 1. The molecule has 0 spiro atoms. The van der Waals surface area contributed by atoms with Gasteiger partial charge in [-0.3, -0.25) is 0 Å². The van der Waals surface area contributed by atoms with Crippen LogP contribution in [0.2, 0.25) is 5.02 Å². The van der Waals surface area contributed by atoms with Crippen molar-refractivity contribution < 1.29 is 8.42 Å². The predicted octanol–water partition coefficient (Wildman–Crippen LogP) is 6.47.